The van der Waals surface area contributed by atoms with Crippen molar-refractivity contribution in [3.05, 3.63) is 18.2 Å². The summed E-state index contributed by atoms with van der Waals surface area (Å²) >= 11 is 0. The van der Waals surface area contributed by atoms with Crippen LogP contribution < -0.4 is 20.1 Å². The molecule has 7 nitrogen and oxygen atoms in total. The third kappa shape index (κ3) is 4.63. The highest BCUT2D eigenvalue weighted by atomic mass is 16.5. The molecule has 2 N–H and O–H groups in total. The minimum atomic E-state index is -0.955. The van der Waals surface area contributed by atoms with Gasteiger partial charge in [-0.1, -0.05) is 0 Å². The van der Waals surface area contributed by atoms with Gasteiger partial charge < -0.3 is 25.0 Å². The van der Waals surface area contributed by atoms with E-state index in [4.69, 9.17) is 9.47 Å². The average molecular weight is 349 g/mol. The highest BCUT2D eigenvalue weighted by Crippen LogP contribution is 2.47. The molecule has 0 unspecified atom stereocenters. The minimum Gasteiger partial charge on any atom is -0.497 e. The van der Waals surface area contributed by atoms with Crippen molar-refractivity contribution >= 4 is 17.5 Å². The van der Waals surface area contributed by atoms with E-state index in [1.165, 1.54) is 7.11 Å². The lowest BCUT2D eigenvalue weighted by Crippen LogP contribution is -2.40. The summed E-state index contributed by atoms with van der Waals surface area (Å²) < 4.78 is 10.4. The van der Waals surface area contributed by atoms with Crippen LogP contribution in [-0.4, -0.2) is 58.1 Å². The summed E-state index contributed by atoms with van der Waals surface area (Å²) in [6, 6.07) is 5.14. The molecule has 1 fully saturated rings. The smallest absolute Gasteiger partial charge is 0.240 e. The lowest BCUT2D eigenvalue weighted by molar-refractivity contribution is -0.134. The molecule has 0 spiro atoms. The molecule has 1 aliphatic rings. The van der Waals surface area contributed by atoms with Gasteiger partial charge in [-0.15, -0.1) is 0 Å². The molecule has 0 aromatic heterocycles. The first-order chi connectivity index (χ1) is 11.9. The van der Waals surface area contributed by atoms with Gasteiger partial charge in [-0.25, -0.2) is 0 Å². The van der Waals surface area contributed by atoms with Gasteiger partial charge in [0, 0.05) is 12.6 Å². The Hall–Kier alpha value is -2.28. The Balaban J connectivity index is 1.97. The van der Waals surface area contributed by atoms with Gasteiger partial charge in [-0.05, 0) is 52.0 Å². The molecule has 2 amide bonds. The summed E-state index contributed by atoms with van der Waals surface area (Å²) in [5, 5.41) is 5.69. The molecule has 0 atom stereocenters. The van der Waals surface area contributed by atoms with Crippen LogP contribution >= 0.6 is 0 Å². The van der Waals surface area contributed by atoms with Gasteiger partial charge in [0.2, 0.25) is 11.8 Å². The van der Waals surface area contributed by atoms with Crippen molar-refractivity contribution in [3.8, 4) is 11.5 Å². The molecule has 0 bridgehead atoms. The number of hydrogen-bond donors (Lipinski definition) is 2. The fourth-order valence-electron chi connectivity index (χ4n) is 2.59. The number of ether oxygens (including phenoxy) is 2. The van der Waals surface area contributed by atoms with E-state index in [2.05, 4.69) is 15.5 Å². The number of nitrogens with one attached hydrogen (secondary N) is 2. The summed E-state index contributed by atoms with van der Waals surface area (Å²) in [4.78, 5) is 27.1. The molecule has 25 heavy (non-hydrogen) atoms. The van der Waals surface area contributed by atoms with Crippen LogP contribution in [0.4, 0.5) is 5.69 Å². The first kappa shape index (κ1) is 19.1. The molecule has 1 aliphatic carbocycles. The summed E-state index contributed by atoms with van der Waals surface area (Å²) in [5.41, 5.74) is -0.428. The maximum absolute atomic E-state index is 12.6. The molecular weight excluding hydrogens is 322 g/mol. The molecule has 138 valence electrons. The van der Waals surface area contributed by atoms with Gasteiger partial charge >= 0.3 is 0 Å². The number of carbonyl (C=O) groups excluding carboxylic acids is 2. The van der Waals surface area contributed by atoms with Gasteiger partial charge in [-0.3, -0.25) is 9.59 Å². The maximum Gasteiger partial charge on any atom is 0.240 e. The average Bonchev–Trinajstić information content (AvgIpc) is 3.40. The van der Waals surface area contributed by atoms with Crippen LogP contribution in [-0.2, 0) is 9.59 Å². The fraction of sp³-hybridized carbons (Fsp3) is 0.556. The second-order valence-corrected chi connectivity index (χ2v) is 6.52. The predicted molar refractivity (Wildman–Crippen MR) is 96.0 cm³/mol. The summed E-state index contributed by atoms with van der Waals surface area (Å²) in [6.45, 7) is 1.46. The van der Waals surface area contributed by atoms with Crippen molar-refractivity contribution in [1.82, 2.24) is 10.2 Å². The highest BCUT2D eigenvalue weighted by molar-refractivity contribution is 6.13. The predicted octanol–water partition coefficient (Wildman–Crippen LogP) is 1.49. The quantitative estimate of drug-likeness (QED) is 0.522. The fourth-order valence-corrected chi connectivity index (χ4v) is 2.59. The largest absolute Gasteiger partial charge is 0.497 e. The van der Waals surface area contributed by atoms with Crippen LogP contribution in [0.25, 0.3) is 0 Å². The zero-order valence-corrected chi connectivity index (χ0v) is 15.3. The van der Waals surface area contributed by atoms with Crippen LogP contribution in [0, 0.1) is 5.41 Å². The third-order valence-corrected chi connectivity index (χ3v) is 4.34. The molecular formula is C18H27N3O4. The Bertz CT molecular complexity index is 627. The van der Waals surface area contributed by atoms with Crippen LogP contribution in [0.15, 0.2) is 18.2 Å². The number of anilines is 1. The van der Waals surface area contributed by atoms with Gasteiger partial charge in [-0.2, -0.15) is 0 Å². The number of benzene rings is 1. The van der Waals surface area contributed by atoms with E-state index < -0.39 is 5.41 Å². The van der Waals surface area contributed by atoms with Crippen molar-refractivity contribution in [2.45, 2.75) is 19.3 Å². The van der Waals surface area contributed by atoms with E-state index in [0.717, 1.165) is 13.0 Å². The van der Waals surface area contributed by atoms with E-state index in [1.807, 2.05) is 14.1 Å². The van der Waals surface area contributed by atoms with Crippen molar-refractivity contribution in [2.75, 3.05) is 46.7 Å². The van der Waals surface area contributed by atoms with Crippen LogP contribution in [0.2, 0.25) is 0 Å². The summed E-state index contributed by atoms with van der Waals surface area (Å²) in [7, 11) is 7.06. The molecule has 0 saturated heterocycles. The van der Waals surface area contributed by atoms with Crippen LogP contribution in [0.1, 0.15) is 19.3 Å². The van der Waals surface area contributed by atoms with Crippen LogP contribution in [0.5, 0.6) is 11.5 Å². The number of methoxy groups -OCH3 is 2. The molecule has 1 aromatic rings. The molecule has 7 heteroatoms. The molecule has 0 aliphatic heterocycles. The Morgan fingerprint density at radius 1 is 1.16 bits per heavy atom. The van der Waals surface area contributed by atoms with E-state index in [9.17, 15) is 9.59 Å². The van der Waals surface area contributed by atoms with Crippen molar-refractivity contribution < 1.29 is 19.1 Å². The number of nitrogens with zero attached hydrogens (tertiary/aromatic N) is 1. The SMILES string of the molecule is COc1ccc(NC(=O)C2(C(=O)NCCCN(C)C)CC2)c(OC)c1. The standard InChI is InChI=1S/C18H27N3O4/c1-21(2)11-5-10-19-16(22)18(8-9-18)17(23)20-14-7-6-13(24-3)12-15(14)25-4/h6-7,12H,5,8-11H2,1-4H3,(H,19,22)(H,20,23). The number of carbonyl (C=O) groups is 2. The maximum atomic E-state index is 12.6. The van der Waals surface area contributed by atoms with Crippen molar-refractivity contribution in [1.29, 1.82) is 0 Å². The van der Waals surface area contributed by atoms with Gasteiger partial charge in [0.05, 0.1) is 19.9 Å². The highest BCUT2D eigenvalue weighted by Gasteiger charge is 2.56. The third-order valence-electron chi connectivity index (χ3n) is 4.34. The molecule has 0 heterocycles. The van der Waals surface area contributed by atoms with Crippen molar-refractivity contribution in [3.63, 3.8) is 0 Å². The monoisotopic (exact) mass is 349 g/mol. The van der Waals surface area contributed by atoms with E-state index in [1.54, 1.807) is 25.3 Å². The molecule has 0 radical (unpaired) electrons. The van der Waals surface area contributed by atoms with E-state index in [0.29, 0.717) is 36.6 Å². The van der Waals surface area contributed by atoms with Crippen molar-refractivity contribution in [2.24, 2.45) is 5.41 Å². The first-order valence-electron chi connectivity index (χ1n) is 8.39. The van der Waals surface area contributed by atoms with E-state index in [-0.39, 0.29) is 11.8 Å². The minimum absolute atomic E-state index is 0.198. The lowest BCUT2D eigenvalue weighted by atomic mass is 10.0. The van der Waals surface area contributed by atoms with Gasteiger partial charge in [0.25, 0.3) is 0 Å². The Morgan fingerprint density at radius 3 is 2.44 bits per heavy atom. The zero-order valence-electron chi connectivity index (χ0n) is 15.3. The van der Waals surface area contributed by atoms with Gasteiger partial charge in [0.1, 0.15) is 16.9 Å². The Morgan fingerprint density at radius 2 is 1.88 bits per heavy atom. The zero-order chi connectivity index (χ0) is 18.4. The second kappa shape index (κ2) is 8.20. The number of rotatable bonds is 9. The second-order valence-electron chi connectivity index (χ2n) is 6.52. The Kier molecular flexibility index (Phi) is 6.25. The molecule has 1 aromatic carbocycles. The number of amides is 2. The van der Waals surface area contributed by atoms with E-state index >= 15 is 0 Å². The van der Waals surface area contributed by atoms with Gasteiger partial charge in [0.15, 0.2) is 0 Å². The Labute approximate surface area is 148 Å². The van der Waals surface area contributed by atoms with Crippen LogP contribution in [0.3, 0.4) is 0 Å². The number of hydrogen-bond acceptors (Lipinski definition) is 5. The normalized spacial score (nSPS) is 14.8. The topological polar surface area (TPSA) is 79.9 Å². The molecule has 2 rings (SSSR count). The lowest BCUT2D eigenvalue weighted by Gasteiger charge is -2.17. The molecule has 1 saturated carbocycles. The summed E-state index contributed by atoms with van der Waals surface area (Å²) in [5.74, 6) is 0.641. The first-order valence-corrected chi connectivity index (χ1v) is 8.39. The summed E-state index contributed by atoms with van der Waals surface area (Å²) in [6.07, 6.45) is 1.98.